The first kappa shape index (κ1) is 19.9. The minimum atomic E-state index is -4.64. The van der Waals surface area contributed by atoms with Gasteiger partial charge in [-0.25, -0.2) is 13.8 Å². The summed E-state index contributed by atoms with van der Waals surface area (Å²) in [5.41, 5.74) is 2.91. The van der Waals surface area contributed by atoms with Gasteiger partial charge in [0.1, 0.15) is 0 Å². The number of hydrogen-bond acceptors (Lipinski definition) is 4. The summed E-state index contributed by atoms with van der Waals surface area (Å²) in [6.07, 6.45) is -4.34. The van der Waals surface area contributed by atoms with Crippen LogP contribution in [0.3, 0.4) is 0 Å². The molecule has 0 aliphatic carbocycles. The van der Waals surface area contributed by atoms with Crippen molar-refractivity contribution < 1.29 is 26.4 Å². The molecule has 0 unspecified atom stereocenters. The van der Waals surface area contributed by atoms with Crippen LogP contribution in [-0.2, 0) is 21.0 Å². The highest BCUT2D eigenvalue weighted by atomic mass is 32.2. The zero-order chi connectivity index (χ0) is 20.5. The summed E-state index contributed by atoms with van der Waals surface area (Å²) >= 11 is 0. The minimum absolute atomic E-state index is 0.0959. The van der Waals surface area contributed by atoms with Gasteiger partial charge < -0.3 is 0 Å². The van der Waals surface area contributed by atoms with Gasteiger partial charge in [-0.05, 0) is 35.9 Å². The number of sulfonamides is 1. The van der Waals surface area contributed by atoms with E-state index in [0.29, 0.717) is 23.8 Å². The van der Waals surface area contributed by atoms with Gasteiger partial charge in [-0.3, -0.25) is 9.52 Å². The number of carbonyl (C=O) groups is 1. The van der Waals surface area contributed by atoms with Gasteiger partial charge >= 0.3 is 6.18 Å². The highest BCUT2D eigenvalue weighted by Gasteiger charge is 2.31. The predicted molar refractivity (Wildman–Crippen MR) is 97.2 cm³/mol. The van der Waals surface area contributed by atoms with Gasteiger partial charge in [-0.2, -0.15) is 18.3 Å². The normalized spacial score (nSPS) is 17.6. The zero-order valence-electron chi connectivity index (χ0n) is 14.6. The summed E-state index contributed by atoms with van der Waals surface area (Å²) in [6.45, 7) is 1.85. The van der Waals surface area contributed by atoms with E-state index in [0.717, 1.165) is 18.2 Å². The molecule has 1 heterocycles. The average Bonchev–Trinajstić information content (AvgIpc) is 2.62. The highest BCUT2D eigenvalue weighted by Crippen LogP contribution is 2.31. The van der Waals surface area contributed by atoms with E-state index in [1.807, 2.05) is 6.92 Å². The standard InChI is InChI=1S/C18H16F3N3O3S/c1-11-9-16(25)22-23-17(11)12-5-7-14(8-6-12)24-28(26,27)15-4-2-3-13(10-15)18(19,20)21/h2-8,10-11,24H,9H2,1H3,(H,22,25)/t11-/m1/s1. The van der Waals surface area contributed by atoms with Gasteiger partial charge in [-0.1, -0.05) is 25.1 Å². The number of alkyl halides is 3. The molecule has 0 bridgehead atoms. The number of benzene rings is 2. The molecule has 0 spiro atoms. The van der Waals surface area contributed by atoms with Crippen LogP contribution in [0, 0.1) is 5.92 Å². The van der Waals surface area contributed by atoms with Crippen molar-refractivity contribution in [3.05, 3.63) is 59.7 Å². The van der Waals surface area contributed by atoms with Gasteiger partial charge in [-0.15, -0.1) is 0 Å². The van der Waals surface area contributed by atoms with Crippen LogP contribution in [0.5, 0.6) is 0 Å². The van der Waals surface area contributed by atoms with Crippen molar-refractivity contribution in [2.24, 2.45) is 11.0 Å². The lowest BCUT2D eigenvalue weighted by Crippen LogP contribution is -2.31. The molecule has 1 aliphatic heterocycles. The number of nitrogens with zero attached hydrogens (tertiary/aromatic N) is 1. The van der Waals surface area contributed by atoms with E-state index in [4.69, 9.17) is 0 Å². The Morgan fingerprint density at radius 3 is 2.43 bits per heavy atom. The number of halogens is 3. The third-order valence-corrected chi connectivity index (χ3v) is 5.54. The second-order valence-electron chi connectivity index (χ2n) is 6.35. The first-order valence-electron chi connectivity index (χ1n) is 8.23. The minimum Gasteiger partial charge on any atom is -0.280 e. The van der Waals surface area contributed by atoms with Crippen LogP contribution < -0.4 is 10.1 Å². The van der Waals surface area contributed by atoms with Gasteiger partial charge in [0.25, 0.3) is 10.0 Å². The lowest BCUT2D eigenvalue weighted by molar-refractivity contribution is -0.137. The number of hydrazone groups is 1. The van der Waals surface area contributed by atoms with Crippen molar-refractivity contribution in [3.63, 3.8) is 0 Å². The molecule has 10 heteroatoms. The number of amides is 1. The molecule has 0 radical (unpaired) electrons. The predicted octanol–water partition coefficient (Wildman–Crippen LogP) is 3.37. The van der Waals surface area contributed by atoms with Crippen molar-refractivity contribution in [1.82, 2.24) is 5.43 Å². The molecule has 1 atom stereocenters. The molecule has 2 aromatic rings. The monoisotopic (exact) mass is 411 g/mol. The van der Waals surface area contributed by atoms with Gasteiger partial charge in [0.05, 0.1) is 16.2 Å². The lowest BCUT2D eigenvalue weighted by Gasteiger charge is -2.19. The quantitative estimate of drug-likeness (QED) is 0.809. The third-order valence-electron chi connectivity index (χ3n) is 4.16. The molecular weight excluding hydrogens is 395 g/mol. The first-order chi connectivity index (χ1) is 13.1. The second kappa shape index (κ2) is 7.27. The molecule has 2 aromatic carbocycles. The largest absolute Gasteiger partial charge is 0.416 e. The summed E-state index contributed by atoms with van der Waals surface area (Å²) < 4.78 is 65.5. The Balaban J connectivity index is 1.81. The van der Waals surface area contributed by atoms with Crippen LogP contribution >= 0.6 is 0 Å². The highest BCUT2D eigenvalue weighted by molar-refractivity contribution is 7.92. The van der Waals surface area contributed by atoms with Crippen molar-refractivity contribution in [1.29, 1.82) is 0 Å². The Labute approximate surface area is 159 Å². The van der Waals surface area contributed by atoms with Crippen LogP contribution in [0.2, 0.25) is 0 Å². The Hall–Kier alpha value is -2.88. The van der Waals surface area contributed by atoms with Crippen molar-refractivity contribution in [2.75, 3.05) is 4.72 Å². The molecular formula is C18H16F3N3O3S. The van der Waals surface area contributed by atoms with Crippen LogP contribution in [0.25, 0.3) is 0 Å². The maximum atomic E-state index is 12.8. The average molecular weight is 411 g/mol. The Kier molecular flexibility index (Phi) is 5.16. The number of anilines is 1. The van der Waals surface area contributed by atoms with Crippen LogP contribution in [-0.4, -0.2) is 20.0 Å². The molecule has 1 aliphatic rings. The third kappa shape index (κ3) is 4.33. The molecule has 0 aromatic heterocycles. The molecule has 1 amide bonds. The number of nitrogens with one attached hydrogen (secondary N) is 2. The van der Waals surface area contributed by atoms with Gasteiger partial charge in [0, 0.05) is 18.0 Å². The maximum absolute atomic E-state index is 12.8. The van der Waals surface area contributed by atoms with Crippen LogP contribution in [0.15, 0.2) is 58.5 Å². The van der Waals surface area contributed by atoms with E-state index in [2.05, 4.69) is 15.2 Å². The molecule has 0 fully saturated rings. The van der Waals surface area contributed by atoms with Crippen molar-refractivity contribution >= 4 is 27.3 Å². The molecule has 3 rings (SSSR count). The summed E-state index contributed by atoms with van der Waals surface area (Å²) in [5.74, 6) is -0.275. The van der Waals surface area contributed by atoms with Crippen molar-refractivity contribution in [2.45, 2.75) is 24.4 Å². The number of rotatable bonds is 4. The maximum Gasteiger partial charge on any atom is 0.416 e. The SMILES string of the molecule is C[C@@H]1CC(=O)NN=C1c1ccc(NS(=O)(=O)c2cccc(C(F)(F)F)c2)cc1. The van der Waals surface area contributed by atoms with Gasteiger partial charge in [0.2, 0.25) is 5.91 Å². The summed E-state index contributed by atoms with van der Waals surface area (Å²) in [7, 11) is -4.19. The number of carbonyl (C=O) groups excluding carboxylic acids is 1. The van der Waals surface area contributed by atoms with Gasteiger partial charge in [0.15, 0.2) is 0 Å². The van der Waals surface area contributed by atoms with E-state index in [9.17, 15) is 26.4 Å². The first-order valence-corrected chi connectivity index (χ1v) is 9.71. The molecule has 0 saturated heterocycles. The molecule has 2 N–H and O–H groups in total. The topological polar surface area (TPSA) is 87.6 Å². The van der Waals surface area contributed by atoms with E-state index in [-0.39, 0.29) is 17.5 Å². The van der Waals surface area contributed by atoms with Crippen LogP contribution in [0.1, 0.15) is 24.5 Å². The number of hydrogen-bond donors (Lipinski definition) is 2. The molecule has 0 saturated carbocycles. The van der Waals surface area contributed by atoms with E-state index in [1.54, 1.807) is 12.1 Å². The Morgan fingerprint density at radius 2 is 1.82 bits per heavy atom. The summed E-state index contributed by atoms with van der Waals surface area (Å²) in [6, 6.07) is 9.72. The van der Waals surface area contributed by atoms with E-state index >= 15 is 0 Å². The van der Waals surface area contributed by atoms with Crippen LogP contribution in [0.4, 0.5) is 18.9 Å². The summed E-state index contributed by atoms with van der Waals surface area (Å²) in [4.78, 5) is 10.8. The Bertz CT molecular complexity index is 1030. The van der Waals surface area contributed by atoms with E-state index in [1.165, 1.54) is 12.1 Å². The molecule has 6 nitrogen and oxygen atoms in total. The summed E-state index contributed by atoms with van der Waals surface area (Å²) in [5, 5.41) is 4.02. The Morgan fingerprint density at radius 1 is 1.14 bits per heavy atom. The fraction of sp³-hybridized carbons (Fsp3) is 0.222. The van der Waals surface area contributed by atoms with E-state index < -0.39 is 26.7 Å². The fourth-order valence-electron chi connectivity index (χ4n) is 2.76. The zero-order valence-corrected chi connectivity index (χ0v) is 15.4. The molecule has 28 heavy (non-hydrogen) atoms. The smallest absolute Gasteiger partial charge is 0.280 e. The van der Waals surface area contributed by atoms with Crippen molar-refractivity contribution in [3.8, 4) is 0 Å². The fourth-order valence-corrected chi connectivity index (χ4v) is 3.87. The lowest BCUT2D eigenvalue weighted by atomic mass is 9.94. The molecule has 148 valence electrons. The second-order valence-corrected chi connectivity index (χ2v) is 8.03.